The molecule has 4 unspecified atom stereocenters. The zero-order chi connectivity index (χ0) is 31.0. The van der Waals surface area contributed by atoms with Crippen LogP contribution in [0.1, 0.15) is 42.0 Å². The molecule has 2 aliphatic carbocycles. The molecule has 5 aliphatic rings. The van der Waals surface area contributed by atoms with Gasteiger partial charge in [0.1, 0.15) is 0 Å². The fourth-order valence-corrected chi connectivity index (χ4v) is 11.6. The molecule has 12 heteroatoms. The van der Waals surface area contributed by atoms with E-state index in [4.69, 9.17) is 21.1 Å². The van der Waals surface area contributed by atoms with Gasteiger partial charge in [-0.3, -0.25) is 24.1 Å². The van der Waals surface area contributed by atoms with Crippen molar-refractivity contribution in [2.75, 3.05) is 31.7 Å². The number of aromatic amines is 1. The number of H-pyrrole nitrogens is 1. The van der Waals surface area contributed by atoms with E-state index in [9.17, 15) is 19.2 Å². The number of anilines is 1. The van der Waals surface area contributed by atoms with Crippen LogP contribution in [0.4, 0.5) is 5.69 Å². The highest BCUT2D eigenvalue weighted by molar-refractivity contribution is 8.00. The predicted octanol–water partition coefficient (Wildman–Crippen LogP) is 5.17. The molecule has 45 heavy (non-hydrogen) atoms. The summed E-state index contributed by atoms with van der Waals surface area (Å²) in [6, 6.07) is 12.6. The number of nitrogens with zero attached hydrogens (tertiary/aromatic N) is 2. The number of methoxy groups -OCH3 is 1. The lowest BCUT2D eigenvalue weighted by Crippen LogP contribution is -2.42. The van der Waals surface area contributed by atoms with E-state index in [0.717, 1.165) is 54.2 Å². The molecule has 234 valence electrons. The molecule has 3 aliphatic heterocycles. The summed E-state index contributed by atoms with van der Waals surface area (Å²) in [5.74, 6) is -0.173. The summed E-state index contributed by atoms with van der Waals surface area (Å²) < 4.78 is 11.7. The number of nitrogens with one attached hydrogen (secondary N) is 1. The summed E-state index contributed by atoms with van der Waals surface area (Å²) in [6.45, 7) is 1.47. The molecule has 2 bridgehead atoms. The van der Waals surface area contributed by atoms with Gasteiger partial charge in [-0.1, -0.05) is 29.0 Å². The van der Waals surface area contributed by atoms with E-state index in [2.05, 4.69) is 4.98 Å². The van der Waals surface area contributed by atoms with Crippen LogP contribution in [0.5, 0.6) is 11.5 Å². The number of thioether (sulfide) groups is 1. The molecule has 1 aromatic heterocycles. The average molecular weight is 666 g/mol. The highest BCUT2D eigenvalue weighted by atomic mass is 35.5. The Morgan fingerprint density at radius 3 is 2.44 bits per heavy atom. The van der Waals surface area contributed by atoms with Gasteiger partial charge in [0.25, 0.3) is 5.91 Å². The molecule has 2 saturated carbocycles. The Balaban J connectivity index is 1.11. The number of fused-ring (bicyclic) bond motifs is 9. The summed E-state index contributed by atoms with van der Waals surface area (Å²) in [6.07, 6.45) is 3.98. The van der Waals surface area contributed by atoms with E-state index in [1.807, 2.05) is 23.1 Å². The molecule has 1 N–H and O–H groups in total. The Bertz CT molecular complexity index is 1750. The van der Waals surface area contributed by atoms with Crippen LogP contribution in [0.15, 0.2) is 52.3 Å². The van der Waals surface area contributed by atoms with Gasteiger partial charge >= 0.3 is 4.87 Å². The van der Waals surface area contributed by atoms with Crippen molar-refractivity contribution in [3.63, 3.8) is 0 Å². The Hall–Kier alpha value is -3.28. The molecule has 2 aromatic carbocycles. The van der Waals surface area contributed by atoms with Gasteiger partial charge in [-0.05, 0) is 85.4 Å². The van der Waals surface area contributed by atoms with Crippen LogP contribution in [-0.2, 0) is 14.4 Å². The maximum Gasteiger partial charge on any atom is 0.305 e. The Morgan fingerprint density at radius 1 is 0.978 bits per heavy atom. The molecule has 8 rings (SSSR count). The van der Waals surface area contributed by atoms with Crippen LogP contribution < -0.4 is 19.2 Å². The molecule has 3 amide bonds. The second kappa shape index (κ2) is 11.2. The molecule has 4 fully saturated rings. The van der Waals surface area contributed by atoms with Crippen LogP contribution in [0, 0.1) is 29.6 Å². The lowest BCUT2D eigenvalue weighted by Gasteiger charge is -2.43. The number of piperidine rings is 1. The molecule has 7 atom stereocenters. The lowest BCUT2D eigenvalue weighted by atomic mass is 9.68. The van der Waals surface area contributed by atoms with Crippen LogP contribution in [0.2, 0.25) is 5.02 Å². The number of amides is 3. The number of hydrogen-bond acceptors (Lipinski definition) is 8. The van der Waals surface area contributed by atoms with Gasteiger partial charge in [-0.15, -0.1) is 11.8 Å². The van der Waals surface area contributed by atoms with E-state index in [1.54, 1.807) is 43.1 Å². The van der Waals surface area contributed by atoms with Crippen LogP contribution in [0.3, 0.4) is 0 Å². The summed E-state index contributed by atoms with van der Waals surface area (Å²) in [5, 5.41) is 1.46. The topological polar surface area (TPSA) is 109 Å². The number of aromatic nitrogens is 1. The Labute approximate surface area is 273 Å². The first-order valence-corrected chi connectivity index (χ1v) is 17.5. The predicted molar refractivity (Wildman–Crippen MR) is 171 cm³/mol. The third-order valence-corrected chi connectivity index (χ3v) is 13.3. The normalized spacial score (nSPS) is 29.9. The van der Waals surface area contributed by atoms with Crippen molar-refractivity contribution in [2.45, 2.75) is 41.9 Å². The average Bonchev–Trinajstić information content (AvgIpc) is 3.79. The summed E-state index contributed by atoms with van der Waals surface area (Å²) >= 11 is 8.96. The number of ether oxygens (including phenoxy) is 2. The van der Waals surface area contributed by atoms with Gasteiger partial charge in [-0.2, -0.15) is 0 Å². The first-order valence-electron chi connectivity index (χ1n) is 15.5. The fraction of sp³-hybridized carbons (Fsp3) is 0.455. The molecule has 4 heterocycles. The zero-order valence-electron chi connectivity index (χ0n) is 24.6. The van der Waals surface area contributed by atoms with Crippen LogP contribution in [-0.4, -0.2) is 59.7 Å². The second-order valence-electron chi connectivity index (χ2n) is 12.6. The molecule has 2 saturated heterocycles. The van der Waals surface area contributed by atoms with Crippen molar-refractivity contribution in [3.05, 3.63) is 67.6 Å². The van der Waals surface area contributed by atoms with Crippen molar-refractivity contribution < 1.29 is 23.9 Å². The maximum absolute atomic E-state index is 14.0. The van der Waals surface area contributed by atoms with Crippen molar-refractivity contribution in [3.8, 4) is 11.5 Å². The first kappa shape index (κ1) is 29.1. The number of thiazole rings is 1. The van der Waals surface area contributed by atoms with E-state index < -0.39 is 5.92 Å². The van der Waals surface area contributed by atoms with Gasteiger partial charge < -0.3 is 19.4 Å². The minimum absolute atomic E-state index is 0.00862. The quantitative estimate of drug-likeness (QED) is 0.362. The van der Waals surface area contributed by atoms with Gasteiger partial charge in [-0.25, -0.2) is 0 Å². The summed E-state index contributed by atoms with van der Waals surface area (Å²) in [4.78, 5) is 60.3. The molecule has 3 aromatic rings. The van der Waals surface area contributed by atoms with E-state index >= 15 is 0 Å². The highest BCUT2D eigenvalue weighted by Crippen LogP contribution is 2.68. The lowest BCUT2D eigenvalue weighted by molar-refractivity contribution is -0.134. The molecule has 0 radical (unpaired) electrons. The van der Waals surface area contributed by atoms with Crippen molar-refractivity contribution >= 4 is 58.1 Å². The summed E-state index contributed by atoms with van der Waals surface area (Å²) in [5.41, 5.74) is 1.52. The van der Waals surface area contributed by atoms with Crippen LogP contribution >= 0.6 is 34.7 Å². The van der Waals surface area contributed by atoms with Gasteiger partial charge in [0.05, 0.1) is 29.7 Å². The number of hydrogen-bond donors (Lipinski definition) is 1. The molecule has 9 nitrogen and oxygen atoms in total. The number of likely N-dealkylation sites (tertiary alicyclic amines) is 1. The zero-order valence-corrected chi connectivity index (χ0v) is 27.0. The van der Waals surface area contributed by atoms with Crippen LogP contribution in [0.25, 0.3) is 0 Å². The Morgan fingerprint density at radius 2 is 1.71 bits per heavy atom. The van der Waals surface area contributed by atoms with Gasteiger partial charge in [0.2, 0.25) is 11.8 Å². The smallest absolute Gasteiger partial charge is 0.305 e. The van der Waals surface area contributed by atoms with E-state index in [1.165, 1.54) is 16.2 Å². The molecular weight excluding hydrogens is 634 g/mol. The first-order chi connectivity index (χ1) is 21.8. The van der Waals surface area contributed by atoms with Crippen molar-refractivity contribution in [1.82, 2.24) is 9.88 Å². The van der Waals surface area contributed by atoms with E-state index in [0.29, 0.717) is 22.2 Å². The number of benzene rings is 2. The highest BCUT2D eigenvalue weighted by Gasteiger charge is 2.69. The number of carbonyl (C=O) groups excluding carboxylic acids is 3. The van der Waals surface area contributed by atoms with Gasteiger partial charge in [0, 0.05) is 34.2 Å². The third kappa shape index (κ3) is 4.64. The molecule has 0 spiro atoms. The SMILES string of the molecule is COc1cc([C@H]2c3sc(=O)[nH]c3SC3C2[C@H]2C[C@@H]3C3C(=O)N(c4ccc(Cl)cc4)C(=O)C32)ccc1OCC(=O)N1CCCCC1. The third-order valence-electron chi connectivity index (χ3n) is 10.4. The number of carbonyl (C=O) groups is 3. The molecular formula is C33H32ClN3O6S2. The minimum Gasteiger partial charge on any atom is -0.493 e. The second-order valence-corrected chi connectivity index (χ2v) is 15.2. The van der Waals surface area contributed by atoms with Gasteiger partial charge in [0.15, 0.2) is 18.1 Å². The number of halogens is 1. The summed E-state index contributed by atoms with van der Waals surface area (Å²) in [7, 11) is 1.58. The number of imide groups is 1. The Kier molecular flexibility index (Phi) is 7.26. The number of rotatable bonds is 6. The maximum atomic E-state index is 14.0. The fourth-order valence-electron chi connectivity index (χ4n) is 8.61. The monoisotopic (exact) mass is 665 g/mol. The minimum atomic E-state index is -0.398. The van der Waals surface area contributed by atoms with Crippen molar-refractivity contribution in [2.24, 2.45) is 29.6 Å². The largest absolute Gasteiger partial charge is 0.493 e. The standard InChI is InChI=1S/C33H32ClN3O6S2/c1-42-22-13-16(5-10-21(22)43-15-23(38)36-11-3-2-4-12-36)24-25-19-14-20(28(25)44-30-29(24)45-33(41)35-30)27-26(19)31(39)37(32(27)40)18-8-6-17(34)7-9-18/h5-10,13,19-20,24-28H,2-4,11-12,14-15H2,1H3,(H,35,41)/t19-,20-,24-,25?,26?,27?,28?/m1/s1. The van der Waals surface area contributed by atoms with Crippen molar-refractivity contribution in [1.29, 1.82) is 0 Å². The van der Waals surface area contributed by atoms with E-state index in [-0.39, 0.29) is 64.0 Å².